The summed E-state index contributed by atoms with van der Waals surface area (Å²) in [4.78, 5) is 24.2. The minimum absolute atomic E-state index is 0.306. The standard InChI is InChI=1S/C16H17N3O2S/c1-11-3-5-13(6-4-11)9-17-15(20)16(21)19-18-10-14-12(2)7-8-22-14/h3-8,10H,9H2,1-2H3,(H,17,20)(H,19,21)/b18-10-. The Balaban J connectivity index is 1.79. The van der Waals surface area contributed by atoms with Crippen molar-refractivity contribution in [2.45, 2.75) is 20.4 Å². The maximum Gasteiger partial charge on any atom is 0.329 e. The normalized spacial score (nSPS) is 10.6. The lowest BCUT2D eigenvalue weighted by atomic mass is 10.1. The van der Waals surface area contributed by atoms with Gasteiger partial charge in [0.2, 0.25) is 0 Å². The summed E-state index contributed by atoms with van der Waals surface area (Å²) in [6.07, 6.45) is 1.53. The molecule has 0 aliphatic rings. The minimum Gasteiger partial charge on any atom is -0.344 e. The van der Waals surface area contributed by atoms with E-state index in [2.05, 4.69) is 15.8 Å². The Labute approximate surface area is 133 Å². The summed E-state index contributed by atoms with van der Waals surface area (Å²) in [7, 11) is 0. The number of benzene rings is 1. The molecule has 6 heteroatoms. The molecule has 0 aliphatic carbocycles. The lowest BCUT2D eigenvalue weighted by Gasteiger charge is -2.04. The van der Waals surface area contributed by atoms with Crippen LogP contribution in [0, 0.1) is 13.8 Å². The monoisotopic (exact) mass is 315 g/mol. The first-order chi connectivity index (χ1) is 10.6. The van der Waals surface area contributed by atoms with Crippen molar-refractivity contribution in [2.75, 3.05) is 0 Å². The highest BCUT2D eigenvalue weighted by molar-refractivity contribution is 7.11. The van der Waals surface area contributed by atoms with Crippen LogP contribution in [0.25, 0.3) is 0 Å². The first-order valence-corrected chi connectivity index (χ1v) is 7.65. The minimum atomic E-state index is -0.780. The van der Waals surface area contributed by atoms with Crippen LogP contribution in [0.4, 0.5) is 0 Å². The van der Waals surface area contributed by atoms with E-state index in [1.165, 1.54) is 17.6 Å². The van der Waals surface area contributed by atoms with E-state index in [1.807, 2.05) is 49.6 Å². The predicted octanol–water partition coefficient (Wildman–Crippen LogP) is 2.13. The number of carbonyl (C=O) groups excluding carboxylic acids is 2. The molecular weight excluding hydrogens is 298 g/mol. The molecule has 0 saturated heterocycles. The third-order valence-electron chi connectivity index (χ3n) is 3.03. The maximum absolute atomic E-state index is 11.6. The molecule has 0 atom stereocenters. The van der Waals surface area contributed by atoms with Crippen molar-refractivity contribution in [3.05, 3.63) is 57.3 Å². The van der Waals surface area contributed by atoms with E-state index in [0.29, 0.717) is 6.54 Å². The number of hydrogen-bond donors (Lipinski definition) is 2. The Morgan fingerprint density at radius 3 is 2.50 bits per heavy atom. The zero-order valence-corrected chi connectivity index (χ0v) is 13.2. The van der Waals surface area contributed by atoms with Crippen LogP contribution in [-0.4, -0.2) is 18.0 Å². The third kappa shape index (κ3) is 4.53. The second kappa shape index (κ2) is 7.51. The van der Waals surface area contributed by atoms with E-state index in [4.69, 9.17) is 0 Å². The van der Waals surface area contributed by atoms with Crippen LogP contribution < -0.4 is 10.7 Å². The fourth-order valence-electron chi connectivity index (χ4n) is 1.69. The lowest BCUT2D eigenvalue weighted by molar-refractivity contribution is -0.139. The van der Waals surface area contributed by atoms with Crippen molar-refractivity contribution < 1.29 is 9.59 Å². The first kappa shape index (κ1) is 15.9. The van der Waals surface area contributed by atoms with Crippen LogP contribution in [-0.2, 0) is 16.1 Å². The molecule has 1 aromatic carbocycles. The Kier molecular flexibility index (Phi) is 5.43. The second-order valence-electron chi connectivity index (χ2n) is 4.84. The van der Waals surface area contributed by atoms with Crippen LogP contribution >= 0.6 is 11.3 Å². The van der Waals surface area contributed by atoms with Crippen molar-refractivity contribution in [3.8, 4) is 0 Å². The van der Waals surface area contributed by atoms with Gasteiger partial charge >= 0.3 is 11.8 Å². The number of nitrogens with zero attached hydrogens (tertiary/aromatic N) is 1. The molecule has 2 rings (SSSR count). The fraction of sp³-hybridized carbons (Fsp3) is 0.188. The molecule has 2 aromatic rings. The van der Waals surface area contributed by atoms with Gasteiger partial charge in [0.05, 0.1) is 6.21 Å². The number of rotatable bonds is 4. The van der Waals surface area contributed by atoms with Crippen molar-refractivity contribution in [1.82, 2.24) is 10.7 Å². The van der Waals surface area contributed by atoms with Gasteiger partial charge in [-0.25, -0.2) is 5.43 Å². The van der Waals surface area contributed by atoms with E-state index in [0.717, 1.165) is 21.6 Å². The molecule has 22 heavy (non-hydrogen) atoms. The number of aryl methyl sites for hydroxylation is 2. The summed E-state index contributed by atoms with van der Waals surface area (Å²) >= 11 is 1.52. The van der Waals surface area contributed by atoms with E-state index in [9.17, 15) is 9.59 Å². The first-order valence-electron chi connectivity index (χ1n) is 6.77. The lowest BCUT2D eigenvalue weighted by Crippen LogP contribution is -2.37. The van der Waals surface area contributed by atoms with Gasteiger partial charge in [-0.3, -0.25) is 9.59 Å². The summed E-state index contributed by atoms with van der Waals surface area (Å²) in [5.74, 6) is -1.49. The van der Waals surface area contributed by atoms with Gasteiger partial charge in [-0.2, -0.15) is 5.10 Å². The Morgan fingerprint density at radius 1 is 1.14 bits per heavy atom. The summed E-state index contributed by atoms with van der Waals surface area (Å²) < 4.78 is 0. The van der Waals surface area contributed by atoms with Crippen molar-refractivity contribution >= 4 is 29.4 Å². The summed E-state index contributed by atoms with van der Waals surface area (Å²) in [6.45, 7) is 4.25. The number of nitrogens with one attached hydrogen (secondary N) is 2. The highest BCUT2D eigenvalue weighted by Crippen LogP contribution is 2.12. The van der Waals surface area contributed by atoms with Crippen LogP contribution in [0.5, 0.6) is 0 Å². The van der Waals surface area contributed by atoms with Crippen LogP contribution in [0.2, 0.25) is 0 Å². The molecule has 0 unspecified atom stereocenters. The highest BCUT2D eigenvalue weighted by Gasteiger charge is 2.11. The van der Waals surface area contributed by atoms with Crippen LogP contribution in [0.3, 0.4) is 0 Å². The molecule has 0 aliphatic heterocycles. The van der Waals surface area contributed by atoms with Gasteiger partial charge in [0.1, 0.15) is 0 Å². The maximum atomic E-state index is 11.6. The Bertz CT molecular complexity index is 690. The van der Waals surface area contributed by atoms with E-state index < -0.39 is 11.8 Å². The Hall–Kier alpha value is -2.47. The van der Waals surface area contributed by atoms with Gasteiger partial charge in [0.15, 0.2) is 0 Å². The molecule has 0 fully saturated rings. The van der Waals surface area contributed by atoms with Crippen molar-refractivity contribution in [1.29, 1.82) is 0 Å². The van der Waals surface area contributed by atoms with Gasteiger partial charge in [-0.05, 0) is 36.4 Å². The average molecular weight is 315 g/mol. The number of hydrazone groups is 1. The molecule has 0 radical (unpaired) electrons. The van der Waals surface area contributed by atoms with Crippen molar-refractivity contribution in [3.63, 3.8) is 0 Å². The van der Waals surface area contributed by atoms with Crippen molar-refractivity contribution in [2.24, 2.45) is 5.10 Å². The Morgan fingerprint density at radius 2 is 1.86 bits per heavy atom. The van der Waals surface area contributed by atoms with Gasteiger partial charge in [0.25, 0.3) is 0 Å². The number of thiophene rings is 1. The summed E-state index contributed by atoms with van der Waals surface area (Å²) in [6, 6.07) is 9.68. The molecular formula is C16H17N3O2S. The molecule has 0 bridgehead atoms. The van der Waals surface area contributed by atoms with Gasteiger partial charge in [-0.15, -0.1) is 11.3 Å². The number of carbonyl (C=O) groups is 2. The molecule has 1 aromatic heterocycles. The number of amides is 2. The van der Waals surface area contributed by atoms with Gasteiger partial charge < -0.3 is 5.32 Å². The molecule has 2 N–H and O–H groups in total. The molecule has 5 nitrogen and oxygen atoms in total. The molecule has 114 valence electrons. The topological polar surface area (TPSA) is 70.6 Å². The highest BCUT2D eigenvalue weighted by atomic mass is 32.1. The van der Waals surface area contributed by atoms with Crippen LogP contribution in [0.15, 0.2) is 40.8 Å². The predicted molar refractivity (Wildman–Crippen MR) is 87.8 cm³/mol. The third-order valence-corrected chi connectivity index (χ3v) is 3.98. The quantitative estimate of drug-likeness (QED) is 0.515. The SMILES string of the molecule is Cc1ccc(CNC(=O)C(=O)N/N=C\c2sccc2C)cc1. The second-order valence-corrected chi connectivity index (χ2v) is 5.78. The zero-order chi connectivity index (χ0) is 15.9. The van der Waals surface area contributed by atoms with E-state index in [-0.39, 0.29) is 0 Å². The molecule has 2 amide bonds. The fourth-order valence-corrected chi connectivity index (χ4v) is 2.47. The number of hydrogen-bond acceptors (Lipinski definition) is 4. The van der Waals surface area contributed by atoms with E-state index >= 15 is 0 Å². The van der Waals surface area contributed by atoms with Crippen LogP contribution in [0.1, 0.15) is 21.6 Å². The zero-order valence-electron chi connectivity index (χ0n) is 12.4. The summed E-state index contributed by atoms with van der Waals surface area (Å²) in [5, 5.41) is 8.28. The summed E-state index contributed by atoms with van der Waals surface area (Å²) in [5.41, 5.74) is 5.37. The van der Waals surface area contributed by atoms with E-state index in [1.54, 1.807) is 0 Å². The van der Waals surface area contributed by atoms with Gasteiger partial charge in [-0.1, -0.05) is 29.8 Å². The largest absolute Gasteiger partial charge is 0.344 e. The average Bonchev–Trinajstić information content (AvgIpc) is 2.91. The van der Waals surface area contributed by atoms with Gasteiger partial charge in [0, 0.05) is 11.4 Å². The molecule has 0 saturated carbocycles. The molecule has 0 spiro atoms. The molecule has 1 heterocycles. The smallest absolute Gasteiger partial charge is 0.329 e.